The van der Waals surface area contributed by atoms with Gasteiger partial charge < -0.3 is 10.1 Å². The molecule has 0 aliphatic carbocycles. The van der Waals surface area contributed by atoms with Gasteiger partial charge in [-0.15, -0.1) is 0 Å². The van der Waals surface area contributed by atoms with Crippen LogP contribution in [0.3, 0.4) is 0 Å². The molecule has 1 N–H and O–H groups in total. The number of methoxy groups -OCH3 is 1. The normalized spacial score (nSPS) is 12.2. The van der Waals surface area contributed by atoms with E-state index in [-0.39, 0.29) is 6.04 Å². The lowest BCUT2D eigenvalue weighted by Gasteiger charge is -2.20. The first-order valence-electron chi connectivity index (χ1n) is 7.11. The molecule has 0 aliphatic rings. The van der Waals surface area contributed by atoms with E-state index in [4.69, 9.17) is 4.74 Å². The van der Waals surface area contributed by atoms with Gasteiger partial charge in [-0.3, -0.25) is 4.98 Å². The molecule has 0 fully saturated rings. The molecule has 1 aromatic carbocycles. The van der Waals surface area contributed by atoms with Crippen molar-refractivity contribution in [2.45, 2.75) is 26.3 Å². The fourth-order valence-electron chi connectivity index (χ4n) is 2.31. The van der Waals surface area contributed by atoms with Crippen molar-refractivity contribution in [3.05, 3.63) is 59.4 Å². The molecule has 1 unspecified atom stereocenters. The molecule has 3 heteroatoms. The topological polar surface area (TPSA) is 34.2 Å². The van der Waals surface area contributed by atoms with Crippen LogP contribution in [0.2, 0.25) is 0 Å². The molecule has 0 aliphatic heterocycles. The van der Waals surface area contributed by atoms with Crippen molar-refractivity contribution >= 4 is 0 Å². The lowest BCUT2D eigenvalue weighted by molar-refractivity contribution is 0.400. The van der Waals surface area contributed by atoms with E-state index in [1.54, 1.807) is 7.11 Å². The second-order valence-corrected chi connectivity index (χ2v) is 4.68. The van der Waals surface area contributed by atoms with E-state index in [9.17, 15) is 0 Å². The van der Waals surface area contributed by atoms with Gasteiger partial charge in [-0.05, 0) is 36.2 Å². The zero-order valence-corrected chi connectivity index (χ0v) is 12.4. The molecule has 0 radical (unpaired) electrons. The number of pyridine rings is 1. The third-order valence-corrected chi connectivity index (χ3v) is 3.42. The molecule has 1 atom stereocenters. The second-order valence-electron chi connectivity index (χ2n) is 4.68. The maximum absolute atomic E-state index is 5.44. The zero-order valence-electron chi connectivity index (χ0n) is 12.4. The maximum atomic E-state index is 5.44. The number of benzene rings is 1. The van der Waals surface area contributed by atoms with Crippen LogP contribution in [0, 0.1) is 0 Å². The number of nitrogens with one attached hydrogen (secondary N) is 1. The molecule has 1 aromatic heterocycles. The zero-order chi connectivity index (χ0) is 14.4. The molecule has 0 amide bonds. The molecular formula is C17H22N2O. The Kier molecular flexibility index (Phi) is 5.13. The average Bonchev–Trinajstić information content (AvgIpc) is 2.53. The van der Waals surface area contributed by atoms with E-state index in [0.29, 0.717) is 0 Å². The van der Waals surface area contributed by atoms with E-state index in [0.717, 1.165) is 24.4 Å². The summed E-state index contributed by atoms with van der Waals surface area (Å²) in [6.07, 6.45) is 2.86. The first kappa shape index (κ1) is 14.5. The Morgan fingerprint density at radius 3 is 2.50 bits per heavy atom. The minimum atomic E-state index is 0.0575. The first-order valence-corrected chi connectivity index (χ1v) is 7.11. The first-order chi connectivity index (χ1) is 9.80. The van der Waals surface area contributed by atoms with E-state index in [1.165, 1.54) is 11.1 Å². The van der Waals surface area contributed by atoms with Crippen molar-refractivity contribution in [1.29, 1.82) is 0 Å². The van der Waals surface area contributed by atoms with Crippen LogP contribution >= 0.6 is 0 Å². The third-order valence-electron chi connectivity index (χ3n) is 3.42. The van der Waals surface area contributed by atoms with Crippen LogP contribution in [0.15, 0.2) is 42.6 Å². The SMILES string of the molecule is CCNC(c1ccc(CC)cc1)c1ncccc1OC. The van der Waals surface area contributed by atoms with Gasteiger partial charge in [0.25, 0.3) is 0 Å². The lowest BCUT2D eigenvalue weighted by Crippen LogP contribution is -2.23. The highest BCUT2D eigenvalue weighted by Crippen LogP contribution is 2.28. The molecule has 0 saturated heterocycles. The molecule has 20 heavy (non-hydrogen) atoms. The van der Waals surface area contributed by atoms with Crippen molar-refractivity contribution in [1.82, 2.24) is 10.3 Å². The van der Waals surface area contributed by atoms with Crippen molar-refractivity contribution in [2.24, 2.45) is 0 Å². The molecule has 0 spiro atoms. The van der Waals surface area contributed by atoms with E-state index >= 15 is 0 Å². The second kappa shape index (κ2) is 7.06. The maximum Gasteiger partial charge on any atom is 0.142 e. The van der Waals surface area contributed by atoms with Crippen molar-refractivity contribution in [3.8, 4) is 5.75 Å². The molecule has 2 aromatic rings. The van der Waals surface area contributed by atoms with Crippen LogP contribution in [-0.2, 0) is 6.42 Å². The summed E-state index contributed by atoms with van der Waals surface area (Å²) in [7, 11) is 1.68. The monoisotopic (exact) mass is 270 g/mol. The predicted octanol–water partition coefficient (Wildman–Crippen LogP) is 3.35. The highest BCUT2D eigenvalue weighted by Gasteiger charge is 2.18. The number of nitrogens with zero attached hydrogens (tertiary/aromatic N) is 1. The number of aromatic nitrogens is 1. The summed E-state index contributed by atoms with van der Waals surface area (Å²) in [5, 5.41) is 3.48. The highest BCUT2D eigenvalue weighted by molar-refractivity contribution is 5.37. The van der Waals surface area contributed by atoms with Crippen LogP contribution in [0.25, 0.3) is 0 Å². The minimum absolute atomic E-state index is 0.0575. The van der Waals surface area contributed by atoms with Crippen molar-refractivity contribution in [3.63, 3.8) is 0 Å². The quantitative estimate of drug-likeness (QED) is 0.874. The molecule has 1 heterocycles. The standard InChI is InChI=1S/C17H22N2O/c1-4-13-8-10-14(11-9-13)16(18-5-2)17-15(20-3)7-6-12-19-17/h6-12,16,18H,4-5H2,1-3H3. The van der Waals surface area contributed by atoms with Gasteiger partial charge in [0.15, 0.2) is 0 Å². The van der Waals surface area contributed by atoms with E-state index in [2.05, 4.69) is 48.4 Å². The summed E-state index contributed by atoms with van der Waals surface area (Å²) in [4.78, 5) is 4.50. The van der Waals surface area contributed by atoms with Crippen LogP contribution in [0.5, 0.6) is 5.75 Å². The minimum Gasteiger partial charge on any atom is -0.495 e. The molecule has 106 valence electrons. The molecule has 3 nitrogen and oxygen atoms in total. The molecule has 2 rings (SSSR count). The number of hydrogen-bond donors (Lipinski definition) is 1. The number of aryl methyl sites for hydroxylation is 1. The summed E-state index contributed by atoms with van der Waals surface area (Å²) >= 11 is 0. The fraction of sp³-hybridized carbons (Fsp3) is 0.353. The Hall–Kier alpha value is -1.87. The van der Waals surface area contributed by atoms with Crippen molar-refractivity contribution < 1.29 is 4.74 Å². The van der Waals surface area contributed by atoms with Crippen LogP contribution in [-0.4, -0.2) is 18.6 Å². The van der Waals surface area contributed by atoms with E-state index < -0.39 is 0 Å². The van der Waals surface area contributed by atoms with Gasteiger partial charge in [0, 0.05) is 6.20 Å². The van der Waals surface area contributed by atoms with Gasteiger partial charge in [0.1, 0.15) is 11.4 Å². The average molecular weight is 270 g/mol. The Labute approximate surface area is 121 Å². The summed E-state index contributed by atoms with van der Waals surface area (Å²) in [5.41, 5.74) is 3.49. The Morgan fingerprint density at radius 1 is 1.15 bits per heavy atom. The van der Waals surface area contributed by atoms with Gasteiger partial charge in [0.2, 0.25) is 0 Å². The van der Waals surface area contributed by atoms with Crippen LogP contribution in [0.1, 0.15) is 36.7 Å². The number of rotatable bonds is 6. The van der Waals surface area contributed by atoms with Gasteiger partial charge in [-0.25, -0.2) is 0 Å². The Morgan fingerprint density at radius 2 is 1.90 bits per heavy atom. The van der Waals surface area contributed by atoms with E-state index in [1.807, 2.05) is 18.3 Å². The Balaban J connectivity index is 2.39. The lowest BCUT2D eigenvalue weighted by atomic mass is 10.00. The van der Waals surface area contributed by atoms with Gasteiger partial charge >= 0.3 is 0 Å². The summed E-state index contributed by atoms with van der Waals surface area (Å²) < 4.78 is 5.44. The summed E-state index contributed by atoms with van der Waals surface area (Å²) in [6, 6.07) is 12.6. The Bertz CT molecular complexity index is 537. The predicted molar refractivity (Wildman–Crippen MR) is 82.1 cm³/mol. The number of ether oxygens (including phenoxy) is 1. The summed E-state index contributed by atoms with van der Waals surface area (Å²) in [6.45, 7) is 5.14. The van der Waals surface area contributed by atoms with Crippen molar-refractivity contribution in [2.75, 3.05) is 13.7 Å². The van der Waals surface area contributed by atoms with Gasteiger partial charge in [-0.1, -0.05) is 38.1 Å². The fourth-order valence-corrected chi connectivity index (χ4v) is 2.31. The smallest absolute Gasteiger partial charge is 0.142 e. The highest BCUT2D eigenvalue weighted by atomic mass is 16.5. The van der Waals surface area contributed by atoms with Crippen LogP contribution in [0.4, 0.5) is 0 Å². The van der Waals surface area contributed by atoms with Gasteiger partial charge in [0.05, 0.1) is 13.2 Å². The number of hydrogen-bond acceptors (Lipinski definition) is 3. The largest absolute Gasteiger partial charge is 0.495 e. The molecule has 0 saturated carbocycles. The molecule has 0 bridgehead atoms. The third kappa shape index (κ3) is 3.17. The van der Waals surface area contributed by atoms with Crippen LogP contribution < -0.4 is 10.1 Å². The summed E-state index contributed by atoms with van der Waals surface area (Å²) in [5.74, 6) is 0.818. The molecular weight excluding hydrogens is 248 g/mol. The van der Waals surface area contributed by atoms with Gasteiger partial charge in [-0.2, -0.15) is 0 Å².